The first-order chi connectivity index (χ1) is 11.4. The van der Waals surface area contributed by atoms with Crippen LogP contribution in [0, 0.1) is 6.92 Å². The van der Waals surface area contributed by atoms with Crippen molar-refractivity contribution in [3.63, 3.8) is 0 Å². The minimum Gasteiger partial charge on any atom is -0.351 e. The van der Waals surface area contributed by atoms with Gasteiger partial charge >= 0.3 is 0 Å². The summed E-state index contributed by atoms with van der Waals surface area (Å²) in [5.41, 5.74) is 2.72. The van der Waals surface area contributed by atoms with Crippen molar-refractivity contribution < 1.29 is 4.79 Å². The molecule has 0 aliphatic heterocycles. The number of hydrogen-bond acceptors (Lipinski definition) is 3. The molecule has 2 rings (SSSR count). The van der Waals surface area contributed by atoms with Crippen molar-refractivity contribution in [3.8, 4) is 0 Å². The number of benzene rings is 1. The van der Waals surface area contributed by atoms with Gasteiger partial charge in [-0.25, -0.2) is 0 Å². The van der Waals surface area contributed by atoms with E-state index in [-0.39, 0.29) is 11.9 Å². The number of carbonyl (C=O) groups is 1. The van der Waals surface area contributed by atoms with Gasteiger partial charge in [0.1, 0.15) is 5.15 Å². The first-order valence-electron chi connectivity index (χ1n) is 7.76. The fourth-order valence-electron chi connectivity index (χ4n) is 2.52. The van der Waals surface area contributed by atoms with Crippen LogP contribution in [0.15, 0.2) is 36.4 Å². The Labute approximate surface area is 147 Å². The minimum absolute atomic E-state index is 0.118. The predicted molar refractivity (Wildman–Crippen MR) is 97.9 cm³/mol. The van der Waals surface area contributed by atoms with E-state index in [1.807, 2.05) is 39.2 Å². The fourth-order valence-corrected chi connectivity index (χ4v) is 2.76. The largest absolute Gasteiger partial charge is 0.351 e. The molecular weight excluding hydrogens is 324 g/mol. The van der Waals surface area contributed by atoms with Crippen LogP contribution in [-0.4, -0.2) is 41.2 Å². The van der Waals surface area contributed by atoms with Crippen LogP contribution >= 0.6 is 11.6 Å². The number of rotatable bonds is 6. The van der Waals surface area contributed by atoms with Gasteiger partial charge in [0.25, 0.3) is 0 Å². The van der Waals surface area contributed by atoms with Crippen molar-refractivity contribution in [1.82, 2.24) is 20.0 Å². The van der Waals surface area contributed by atoms with Gasteiger partial charge in [0.15, 0.2) is 0 Å². The van der Waals surface area contributed by atoms with Crippen LogP contribution < -0.4 is 5.32 Å². The summed E-state index contributed by atoms with van der Waals surface area (Å²) in [7, 11) is 5.77. The third-order valence-electron chi connectivity index (χ3n) is 3.87. The topological polar surface area (TPSA) is 50.2 Å². The first-order valence-corrected chi connectivity index (χ1v) is 8.14. The van der Waals surface area contributed by atoms with Gasteiger partial charge in [0.2, 0.25) is 5.91 Å². The van der Waals surface area contributed by atoms with E-state index in [0.29, 0.717) is 11.7 Å². The lowest BCUT2D eigenvalue weighted by molar-refractivity contribution is -0.116. The minimum atomic E-state index is -0.155. The summed E-state index contributed by atoms with van der Waals surface area (Å²) in [6.07, 6.45) is 3.20. The number of nitrogens with zero attached hydrogens (tertiary/aromatic N) is 3. The average Bonchev–Trinajstić information content (AvgIpc) is 2.79. The lowest BCUT2D eigenvalue weighted by Crippen LogP contribution is -2.33. The Balaban J connectivity index is 2.00. The zero-order chi connectivity index (χ0) is 17.7. The maximum absolute atomic E-state index is 12.1. The second-order valence-corrected chi connectivity index (χ2v) is 6.24. The maximum Gasteiger partial charge on any atom is 0.244 e. The van der Waals surface area contributed by atoms with Crippen LogP contribution in [0.1, 0.15) is 22.9 Å². The molecule has 128 valence electrons. The third-order valence-corrected chi connectivity index (χ3v) is 4.32. The Hall–Kier alpha value is -2.11. The van der Waals surface area contributed by atoms with Gasteiger partial charge < -0.3 is 10.2 Å². The lowest BCUT2D eigenvalue weighted by atomic mass is 10.1. The zero-order valence-corrected chi connectivity index (χ0v) is 15.2. The van der Waals surface area contributed by atoms with E-state index < -0.39 is 0 Å². The Morgan fingerprint density at radius 1 is 1.38 bits per heavy atom. The second kappa shape index (κ2) is 8.13. The van der Waals surface area contributed by atoms with E-state index in [9.17, 15) is 4.79 Å². The van der Waals surface area contributed by atoms with E-state index in [1.54, 1.807) is 17.8 Å². The highest BCUT2D eigenvalue weighted by Crippen LogP contribution is 2.20. The molecule has 0 aliphatic rings. The smallest absolute Gasteiger partial charge is 0.244 e. The summed E-state index contributed by atoms with van der Waals surface area (Å²) < 4.78 is 1.59. The molecule has 0 bridgehead atoms. The van der Waals surface area contributed by atoms with Crippen LogP contribution in [0.2, 0.25) is 5.15 Å². The number of hydrogen-bond donors (Lipinski definition) is 1. The Bertz CT molecular complexity index is 722. The van der Waals surface area contributed by atoms with Crippen LogP contribution in [-0.2, 0) is 11.8 Å². The highest BCUT2D eigenvalue weighted by Gasteiger charge is 2.14. The molecule has 1 aromatic heterocycles. The monoisotopic (exact) mass is 346 g/mol. The molecule has 1 atom stereocenters. The van der Waals surface area contributed by atoms with Crippen molar-refractivity contribution >= 4 is 23.6 Å². The van der Waals surface area contributed by atoms with Crippen molar-refractivity contribution in [2.75, 3.05) is 20.6 Å². The number of aryl methyl sites for hydroxylation is 2. The molecule has 1 unspecified atom stereocenters. The van der Waals surface area contributed by atoms with Crippen LogP contribution in [0.4, 0.5) is 0 Å². The fraction of sp³-hybridized carbons (Fsp3) is 0.333. The lowest BCUT2D eigenvalue weighted by Gasteiger charge is -2.24. The summed E-state index contributed by atoms with van der Waals surface area (Å²) in [4.78, 5) is 14.2. The van der Waals surface area contributed by atoms with Crippen molar-refractivity contribution in [2.45, 2.75) is 13.0 Å². The molecule has 0 aliphatic carbocycles. The first kappa shape index (κ1) is 18.2. The molecule has 1 heterocycles. The summed E-state index contributed by atoms with van der Waals surface area (Å²) in [6.45, 7) is 2.39. The summed E-state index contributed by atoms with van der Waals surface area (Å²) in [5.74, 6) is -0.155. The molecule has 5 nitrogen and oxygen atoms in total. The SMILES string of the molecule is Cc1nn(C)c(Cl)c1/C=C/C(=O)NCC(c1ccccc1)N(C)C. The summed E-state index contributed by atoms with van der Waals surface area (Å²) >= 11 is 6.16. The standard InChI is InChI=1S/C18H23ClN4O/c1-13-15(18(19)23(4)21-13)10-11-17(24)20-12-16(22(2)3)14-8-6-5-7-9-14/h5-11,16H,12H2,1-4H3,(H,20,24)/b11-10+. The normalized spacial score (nSPS) is 12.8. The van der Waals surface area contributed by atoms with Crippen molar-refractivity contribution in [1.29, 1.82) is 0 Å². The van der Waals surface area contributed by atoms with Crippen molar-refractivity contribution in [3.05, 3.63) is 58.4 Å². The molecule has 0 radical (unpaired) electrons. The predicted octanol–water partition coefficient (Wildman–Crippen LogP) is 2.81. The van der Waals surface area contributed by atoms with Gasteiger partial charge in [-0.3, -0.25) is 9.48 Å². The van der Waals surface area contributed by atoms with Gasteiger partial charge in [0.05, 0.1) is 11.7 Å². The van der Waals surface area contributed by atoms with Gasteiger partial charge in [-0.1, -0.05) is 41.9 Å². The second-order valence-electron chi connectivity index (χ2n) is 5.88. The summed E-state index contributed by atoms with van der Waals surface area (Å²) in [6, 6.07) is 10.2. The highest BCUT2D eigenvalue weighted by molar-refractivity contribution is 6.31. The average molecular weight is 347 g/mol. The number of aromatic nitrogens is 2. The maximum atomic E-state index is 12.1. The van der Waals surface area contributed by atoms with Crippen molar-refractivity contribution in [2.24, 2.45) is 7.05 Å². The molecule has 24 heavy (non-hydrogen) atoms. The third kappa shape index (κ3) is 4.46. The van der Waals surface area contributed by atoms with E-state index in [4.69, 9.17) is 11.6 Å². The van der Waals surface area contributed by atoms with E-state index in [2.05, 4.69) is 27.4 Å². The van der Waals surface area contributed by atoms with Crippen LogP contribution in [0.25, 0.3) is 6.08 Å². The van der Waals surface area contributed by atoms with Crippen LogP contribution in [0.3, 0.4) is 0 Å². The molecule has 2 aromatic rings. The molecule has 0 saturated carbocycles. The zero-order valence-electron chi connectivity index (χ0n) is 14.5. The number of halogens is 1. The molecule has 1 aromatic carbocycles. The number of amides is 1. The molecule has 0 fully saturated rings. The van der Waals surface area contributed by atoms with Gasteiger partial charge in [-0.15, -0.1) is 0 Å². The number of likely N-dealkylation sites (N-methyl/N-ethyl adjacent to an activating group) is 1. The number of carbonyl (C=O) groups excluding carboxylic acids is 1. The number of nitrogens with one attached hydrogen (secondary N) is 1. The quantitative estimate of drug-likeness (QED) is 0.818. The Morgan fingerprint density at radius 2 is 2.04 bits per heavy atom. The molecular formula is C18H23ClN4O. The highest BCUT2D eigenvalue weighted by atomic mass is 35.5. The Morgan fingerprint density at radius 3 is 2.58 bits per heavy atom. The van der Waals surface area contributed by atoms with Crippen LogP contribution in [0.5, 0.6) is 0 Å². The summed E-state index contributed by atoms with van der Waals surface area (Å²) in [5, 5.41) is 7.68. The molecule has 1 amide bonds. The van der Waals surface area contributed by atoms with Gasteiger partial charge in [0, 0.05) is 25.2 Å². The molecule has 0 spiro atoms. The van der Waals surface area contributed by atoms with Gasteiger partial charge in [-0.2, -0.15) is 5.10 Å². The van der Waals surface area contributed by atoms with Gasteiger partial charge in [-0.05, 0) is 32.7 Å². The molecule has 0 saturated heterocycles. The molecule has 1 N–H and O–H groups in total. The Kier molecular flexibility index (Phi) is 6.17. The van der Waals surface area contributed by atoms with E-state index in [1.165, 1.54) is 6.08 Å². The van der Waals surface area contributed by atoms with E-state index >= 15 is 0 Å². The van der Waals surface area contributed by atoms with E-state index in [0.717, 1.165) is 16.8 Å². The molecule has 6 heteroatoms.